The normalized spacial score (nSPS) is 10.6. The molecule has 0 atom stereocenters. The van der Waals surface area contributed by atoms with Crippen molar-refractivity contribution >= 4 is 11.6 Å². The van der Waals surface area contributed by atoms with Crippen LogP contribution in [-0.2, 0) is 0 Å². The largest absolute Gasteiger partial charge is 0.154 e. The minimum absolute atomic E-state index is 0.483. The van der Waals surface area contributed by atoms with Crippen molar-refractivity contribution in [3.05, 3.63) is 45.6 Å². The first-order chi connectivity index (χ1) is 8.00. The van der Waals surface area contributed by atoms with Crippen molar-refractivity contribution in [2.45, 2.75) is 27.7 Å². The Bertz CT molecular complexity index is 577. The van der Waals surface area contributed by atoms with E-state index in [9.17, 15) is 0 Å². The number of benzene rings is 1. The van der Waals surface area contributed by atoms with Gasteiger partial charge in [0.2, 0.25) is 0 Å². The first kappa shape index (κ1) is 12.1. The minimum atomic E-state index is 0.483. The zero-order chi connectivity index (χ0) is 12.6. The molecule has 0 N–H and O–H groups in total. The molecule has 0 saturated carbocycles. The first-order valence-electron chi connectivity index (χ1n) is 5.57. The minimum Gasteiger partial charge on any atom is -0.149 e. The third-order valence-corrected chi connectivity index (χ3v) is 3.47. The van der Waals surface area contributed by atoms with E-state index in [4.69, 9.17) is 11.6 Å². The standard InChI is InChI=1S/C14H15ClN2/c1-8-5-6-9(2)12(7-8)13-10(3)11(4)14(15)17-16-13/h5-7H,1-4H3. The number of aryl methyl sites for hydroxylation is 2. The number of hydrogen-bond acceptors (Lipinski definition) is 2. The second-order valence-corrected chi connectivity index (χ2v) is 4.77. The molecule has 0 radical (unpaired) electrons. The van der Waals surface area contributed by atoms with Crippen LogP contribution in [0.4, 0.5) is 0 Å². The summed E-state index contributed by atoms with van der Waals surface area (Å²) in [5, 5.41) is 8.71. The summed E-state index contributed by atoms with van der Waals surface area (Å²) in [7, 11) is 0. The van der Waals surface area contributed by atoms with Crippen LogP contribution in [0.25, 0.3) is 11.3 Å². The summed E-state index contributed by atoms with van der Waals surface area (Å²) < 4.78 is 0. The molecule has 2 rings (SSSR count). The highest BCUT2D eigenvalue weighted by atomic mass is 35.5. The molecule has 1 aromatic heterocycles. The van der Waals surface area contributed by atoms with E-state index in [0.29, 0.717) is 5.15 Å². The molecule has 0 aliphatic rings. The molecule has 1 aromatic carbocycles. The van der Waals surface area contributed by atoms with Crippen LogP contribution in [0.3, 0.4) is 0 Å². The fraction of sp³-hybridized carbons (Fsp3) is 0.286. The van der Waals surface area contributed by atoms with Gasteiger partial charge in [-0.1, -0.05) is 29.3 Å². The summed E-state index contributed by atoms with van der Waals surface area (Å²) in [4.78, 5) is 0. The van der Waals surface area contributed by atoms with Gasteiger partial charge in [0.15, 0.2) is 5.15 Å². The molecule has 0 spiro atoms. The summed E-state index contributed by atoms with van der Waals surface area (Å²) in [6.45, 7) is 8.17. The first-order valence-corrected chi connectivity index (χ1v) is 5.95. The number of halogens is 1. The van der Waals surface area contributed by atoms with Gasteiger partial charge in [0.05, 0.1) is 5.69 Å². The topological polar surface area (TPSA) is 25.8 Å². The predicted octanol–water partition coefficient (Wildman–Crippen LogP) is 4.03. The Kier molecular flexibility index (Phi) is 3.16. The van der Waals surface area contributed by atoms with Gasteiger partial charge in [0.1, 0.15) is 0 Å². The molecule has 17 heavy (non-hydrogen) atoms. The average Bonchev–Trinajstić information content (AvgIpc) is 2.30. The Balaban J connectivity index is 2.69. The molecule has 0 unspecified atom stereocenters. The fourth-order valence-electron chi connectivity index (χ4n) is 1.82. The third-order valence-electron chi connectivity index (χ3n) is 3.11. The number of hydrogen-bond donors (Lipinski definition) is 0. The summed E-state index contributed by atoms with van der Waals surface area (Å²) >= 11 is 5.97. The molecule has 2 nitrogen and oxygen atoms in total. The smallest absolute Gasteiger partial charge is 0.149 e. The Morgan fingerprint density at radius 3 is 2.35 bits per heavy atom. The van der Waals surface area contributed by atoms with E-state index in [1.165, 1.54) is 11.1 Å². The van der Waals surface area contributed by atoms with Crippen LogP contribution in [0.2, 0.25) is 5.15 Å². The molecule has 0 saturated heterocycles. The molecule has 2 aromatic rings. The maximum atomic E-state index is 5.97. The molecule has 88 valence electrons. The summed E-state index contributed by atoms with van der Waals surface area (Å²) in [6.07, 6.45) is 0. The number of rotatable bonds is 1. The fourth-order valence-corrected chi connectivity index (χ4v) is 2.00. The van der Waals surface area contributed by atoms with Gasteiger partial charge >= 0.3 is 0 Å². The van der Waals surface area contributed by atoms with E-state index in [-0.39, 0.29) is 0 Å². The van der Waals surface area contributed by atoms with Crippen molar-refractivity contribution < 1.29 is 0 Å². The molecule has 0 bridgehead atoms. The molecule has 3 heteroatoms. The van der Waals surface area contributed by atoms with Crippen molar-refractivity contribution in [2.75, 3.05) is 0 Å². The molecule has 0 aliphatic heterocycles. The average molecular weight is 247 g/mol. The van der Waals surface area contributed by atoms with Crippen LogP contribution < -0.4 is 0 Å². The van der Waals surface area contributed by atoms with Crippen LogP contribution >= 0.6 is 11.6 Å². The SMILES string of the molecule is Cc1ccc(C)c(-c2nnc(Cl)c(C)c2C)c1. The highest BCUT2D eigenvalue weighted by molar-refractivity contribution is 6.30. The molecule has 0 fully saturated rings. The zero-order valence-corrected chi connectivity index (χ0v) is 11.3. The maximum absolute atomic E-state index is 5.97. The second kappa shape index (κ2) is 4.46. The number of aromatic nitrogens is 2. The lowest BCUT2D eigenvalue weighted by molar-refractivity contribution is 1.00. The Hall–Kier alpha value is -1.41. The van der Waals surface area contributed by atoms with Crippen LogP contribution in [0.5, 0.6) is 0 Å². The number of nitrogens with zero attached hydrogens (tertiary/aromatic N) is 2. The summed E-state index contributed by atoms with van der Waals surface area (Å²) in [5.41, 5.74) is 6.58. The zero-order valence-electron chi connectivity index (χ0n) is 10.5. The van der Waals surface area contributed by atoms with Crippen LogP contribution in [0, 0.1) is 27.7 Å². The van der Waals surface area contributed by atoms with Gasteiger partial charge in [-0.2, -0.15) is 0 Å². The summed E-state index contributed by atoms with van der Waals surface area (Å²) in [6, 6.07) is 6.35. The maximum Gasteiger partial charge on any atom is 0.154 e. The summed E-state index contributed by atoms with van der Waals surface area (Å²) in [5.74, 6) is 0. The van der Waals surface area contributed by atoms with Crippen LogP contribution in [-0.4, -0.2) is 10.2 Å². The van der Waals surface area contributed by atoms with Gasteiger partial charge in [-0.3, -0.25) is 0 Å². The lowest BCUT2D eigenvalue weighted by atomic mass is 9.98. The highest BCUT2D eigenvalue weighted by Gasteiger charge is 2.11. The van der Waals surface area contributed by atoms with Gasteiger partial charge < -0.3 is 0 Å². The predicted molar refractivity (Wildman–Crippen MR) is 71.4 cm³/mol. The van der Waals surface area contributed by atoms with E-state index < -0.39 is 0 Å². The lowest BCUT2D eigenvalue weighted by Gasteiger charge is -2.11. The lowest BCUT2D eigenvalue weighted by Crippen LogP contribution is -1.98. The van der Waals surface area contributed by atoms with Crippen molar-refractivity contribution in [3.8, 4) is 11.3 Å². The van der Waals surface area contributed by atoms with E-state index in [1.54, 1.807) is 0 Å². The van der Waals surface area contributed by atoms with Crippen molar-refractivity contribution in [1.29, 1.82) is 0 Å². The molecule has 1 heterocycles. The van der Waals surface area contributed by atoms with E-state index in [2.05, 4.69) is 42.2 Å². The van der Waals surface area contributed by atoms with Crippen LogP contribution in [0.1, 0.15) is 22.3 Å². The monoisotopic (exact) mass is 246 g/mol. The van der Waals surface area contributed by atoms with Gasteiger partial charge in [0, 0.05) is 5.56 Å². The van der Waals surface area contributed by atoms with Crippen LogP contribution in [0.15, 0.2) is 18.2 Å². The van der Waals surface area contributed by atoms with Crippen molar-refractivity contribution in [1.82, 2.24) is 10.2 Å². The quantitative estimate of drug-likeness (QED) is 0.759. The Morgan fingerprint density at radius 1 is 0.941 bits per heavy atom. The van der Waals surface area contributed by atoms with E-state index in [1.807, 2.05) is 13.8 Å². The van der Waals surface area contributed by atoms with E-state index in [0.717, 1.165) is 22.4 Å². The van der Waals surface area contributed by atoms with Gasteiger partial charge in [-0.15, -0.1) is 10.2 Å². The van der Waals surface area contributed by atoms with Gasteiger partial charge in [-0.05, 0) is 50.5 Å². The van der Waals surface area contributed by atoms with Crippen molar-refractivity contribution in [2.24, 2.45) is 0 Å². The third kappa shape index (κ3) is 2.18. The van der Waals surface area contributed by atoms with E-state index >= 15 is 0 Å². The molecular formula is C14H15ClN2. The molecule has 0 aliphatic carbocycles. The second-order valence-electron chi connectivity index (χ2n) is 4.41. The van der Waals surface area contributed by atoms with Crippen molar-refractivity contribution in [3.63, 3.8) is 0 Å². The van der Waals surface area contributed by atoms with Gasteiger partial charge in [0.25, 0.3) is 0 Å². The van der Waals surface area contributed by atoms with Gasteiger partial charge in [-0.25, -0.2) is 0 Å². The highest BCUT2D eigenvalue weighted by Crippen LogP contribution is 2.28. The molecule has 0 amide bonds. The molecular weight excluding hydrogens is 232 g/mol. The Morgan fingerprint density at radius 2 is 1.65 bits per heavy atom. The Labute approximate surface area is 107 Å².